The molecule has 0 aromatic heterocycles. The van der Waals surface area contributed by atoms with Crippen molar-refractivity contribution in [3.05, 3.63) is 29.8 Å². The van der Waals surface area contributed by atoms with Crippen molar-refractivity contribution in [2.75, 3.05) is 25.2 Å². The number of aliphatic hydroxyl groups is 1. The molecular weight excluding hydrogens is 294 g/mol. The van der Waals surface area contributed by atoms with Gasteiger partial charge in [-0.15, -0.1) is 0 Å². The average Bonchev–Trinajstić information content (AvgIpc) is 2.45. The highest BCUT2D eigenvalue weighted by Gasteiger charge is 2.12. The van der Waals surface area contributed by atoms with Gasteiger partial charge in [0.15, 0.2) is 0 Å². The largest absolute Gasteiger partial charge is 0.384 e. The van der Waals surface area contributed by atoms with Crippen LogP contribution in [-0.2, 0) is 10.0 Å². The average molecular weight is 313 g/mol. The zero-order chi connectivity index (χ0) is 14.8. The number of nitrogens with one attached hydrogen (secondary N) is 1. The molecule has 0 aliphatic rings. The third-order valence-electron chi connectivity index (χ3n) is 2.54. The highest BCUT2D eigenvalue weighted by molar-refractivity contribution is 7.98. The number of sulfonamides is 1. The van der Waals surface area contributed by atoms with Crippen LogP contribution in [0.4, 0.5) is 0 Å². The first-order chi connectivity index (χ1) is 9.60. The number of rotatable bonds is 7. The predicted octanol–water partition coefficient (Wildman–Crippen LogP) is 1.45. The number of thioether (sulfide) groups is 1. The Hall–Kier alpha value is -1.00. The third kappa shape index (κ3) is 5.97. The van der Waals surface area contributed by atoms with Gasteiger partial charge in [0.25, 0.3) is 0 Å². The molecule has 0 unspecified atom stereocenters. The van der Waals surface area contributed by atoms with Crippen LogP contribution in [0.2, 0.25) is 0 Å². The minimum Gasteiger partial charge on any atom is -0.384 e. The van der Waals surface area contributed by atoms with Crippen molar-refractivity contribution in [1.82, 2.24) is 4.72 Å². The fraction of sp³-hybridized carbons (Fsp3) is 0.429. The van der Waals surface area contributed by atoms with Crippen LogP contribution in [0.3, 0.4) is 0 Å². The molecule has 4 nitrogen and oxygen atoms in total. The van der Waals surface area contributed by atoms with E-state index in [1.54, 1.807) is 23.9 Å². The van der Waals surface area contributed by atoms with Crippen LogP contribution in [0.1, 0.15) is 18.4 Å². The van der Waals surface area contributed by atoms with Gasteiger partial charge in [-0.3, -0.25) is 0 Å². The van der Waals surface area contributed by atoms with E-state index < -0.39 is 10.0 Å². The van der Waals surface area contributed by atoms with Gasteiger partial charge in [0.05, 0.1) is 4.90 Å². The second-order valence-electron chi connectivity index (χ2n) is 4.08. The maximum absolute atomic E-state index is 12.0. The van der Waals surface area contributed by atoms with Gasteiger partial charge in [0.2, 0.25) is 10.0 Å². The number of hydrogen-bond donors (Lipinski definition) is 2. The molecule has 1 aromatic rings. The van der Waals surface area contributed by atoms with E-state index in [-0.39, 0.29) is 11.5 Å². The molecule has 0 radical (unpaired) electrons. The summed E-state index contributed by atoms with van der Waals surface area (Å²) in [6.07, 6.45) is 3.87. The molecule has 0 aliphatic carbocycles. The molecule has 0 saturated carbocycles. The van der Waals surface area contributed by atoms with Crippen molar-refractivity contribution in [3.63, 3.8) is 0 Å². The molecular formula is C14H19NO3S2. The lowest BCUT2D eigenvalue weighted by molar-refractivity contribution is 0.350. The molecule has 0 fully saturated rings. The number of benzene rings is 1. The van der Waals surface area contributed by atoms with E-state index in [2.05, 4.69) is 16.6 Å². The lowest BCUT2D eigenvalue weighted by Crippen LogP contribution is -2.24. The smallest absolute Gasteiger partial charge is 0.240 e. The number of hydrogen-bond acceptors (Lipinski definition) is 4. The van der Waals surface area contributed by atoms with Crippen LogP contribution in [0.25, 0.3) is 0 Å². The van der Waals surface area contributed by atoms with Crippen molar-refractivity contribution >= 4 is 21.8 Å². The van der Waals surface area contributed by atoms with E-state index in [4.69, 9.17) is 5.11 Å². The van der Waals surface area contributed by atoms with E-state index in [1.807, 2.05) is 6.26 Å². The number of aliphatic hydroxyl groups excluding tert-OH is 1. The van der Waals surface area contributed by atoms with Crippen LogP contribution in [0.5, 0.6) is 0 Å². The first-order valence-electron chi connectivity index (χ1n) is 6.28. The Kier molecular flexibility index (Phi) is 7.70. The molecule has 1 aromatic carbocycles. The van der Waals surface area contributed by atoms with Crippen molar-refractivity contribution in [2.24, 2.45) is 0 Å². The summed E-state index contributed by atoms with van der Waals surface area (Å²) in [6.45, 7) is 0.243. The van der Waals surface area contributed by atoms with Crippen molar-refractivity contribution in [1.29, 1.82) is 0 Å². The summed E-state index contributed by atoms with van der Waals surface area (Å²) >= 11 is 1.76. The number of unbranched alkanes of at least 4 members (excludes halogenated alkanes) is 1. The van der Waals surface area contributed by atoms with Gasteiger partial charge in [-0.25, -0.2) is 13.1 Å². The van der Waals surface area contributed by atoms with Gasteiger partial charge in [0.1, 0.15) is 6.61 Å². The highest BCUT2D eigenvalue weighted by Crippen LogP contribution is 2.10. The van der Waals surface area contributed by atoms with Crippen LogP contribution in [-0.4, -0.2) is 38.7 Å². The minimum atomic E-state index is -3.44. The molecule has 110 valence electrons. The van der Waals surface area contributed by atoms with Crippen molar-refractivity contribution in [2.45, 2.75) is 17.7 Å². The Balaban J connectivity index is 2.59. The first-order valence-corrected chi connectivity index (χ1v) is 9.16. The molecule has 0 atom stereocenters. The summed E-state index contributed by atoms with van der Waals surface area (Å²) in [5.74, 6) is 6.28. The Morgan fingerprint density at radius 1 is 1.25 bits per heavy atom. The monoisotopic (exact) mass is 313 g/mol. The molecule has 0 heterocycles. The fourth-order valence-electron chi connectivity index (χ4n) is 1.52. The van der Waals surface area contributed by atoms with E-state index >= 15 is 0 Å². The van der Waals surface area contributed by atoms with Gasteiger partial charge in [-0.05, 0) is 49.1 Å². The maximum Gasteiger partial charge on any atom is 0.240 e. The van der Waals surface area contributed by atoms with Gasteiger partial charge < -0.3 is 5.11 Å². The summed E-state index contributed by atoms with van der Waals surface area (Å²) in [4.78, 5) is 0.233. The third-order valence-corrected chi connectivity index (χ3v) is 4.72. The zero-order valence-electron chi connectivity index (χ0n) is 11.4. The highest BCUT2D eigenvalue weighted by atomic mass is 32.2. The Bertz CT molecular complexity index is 556. The first kappa shape index (κ1) is 17.1. The van der Waals surface area contributed by atoms with Crippen LogP contribution >= 0.6 is 11.8 Å². The van der Waals surface area contributed by atoms with E-state index in [9.17, 15) is 8.42 Å². The summed E-state index contributed by atoms with van der Waals surface area (Å²) < 4.78 is 26.6. The molecule has 0 spiro atoms. The standard InChI is InChI=1S/C14H19NO3S2/c1-19-12-3-2-10-15-20(17,18)14-8-6-13(7-9-14)5-4-11-16/h6-9,15-16H,2-3,10-12H2,1H3. The van der Waals surface area contributed by atoms with Crippen molar-refractivity contribution in [3.8, 4) is 11.8 Å². The topological polar surface area (TPSA) is 66.4 Å². The fourth-order valence-corrected chi connectivity index (χ4v) is 3.09. The second-order valence-corrected chi connectivity index (χ2v) is 6.83. The van der Waals surface area contributed by atoms with Gasteiger partial charge >= 0.3 is 0 Å². The lowest BCUT2D eigenvalue weighted by Gasteiger charge is -2.06. The summed E-state index contributed by atoms with van der Waals surface area (Å²) in [5.41, 5.74) is 0.679. The Labute approximate surface area is 125 Å². The van der Waals surface area contributed by atoms with Crippen LogP contribution in [0, 0.1) is 11.8 Å². The second kappa shape index (κ2) is 9.03. The summed E-state index contributed by atoms with van der Waals surface area (Å²) in [5, 5.41) is 8.59. The molecule has 1 rings (SSSR count). The van der Waals surface area contributed by atoms with E-state index in [0.29, 0.717) is 12.1 Å². The van der Waals surface area contributed by atoms with Gasteiger partial charge in [-0.1, -0.05) is 11.8 Å². The molecule has 6 heteroatoms. The van der Waals surface area contributed by atoms with Crippen LogP contribution in [0.15, 0.2) is 29.2 Å². The lowest BCUT2D eigenvalue weighted by atomic mass is 10.2. The molecule has 2 N–H and O–H groups in total. The normalized spacial score (nSPS) is 10.9. The summed E-state index contributed by atoms with van der Waals surface area (Å²) in [7, 11) is -3.44. The van der Waals surface area contributed by atoms with Gasteiger partial charge in [0, 0.05) is 12.1 Å². The minimum absolute atomic E-state index is 0.211. The van der Waals surface area contributed by atoms with Gasteiger partial charge in [-0.2, -0.15) is 11.8 Å². The quantitative estimate of drug-likeness (QED) is 0.591. The van der Waals surface area contributed by atoms with Crippen molar-refractivity contribution < 1.29 is 13.5 Å². The van der Waals surface area contributed by atoms with E-state index in [1.165, 1.54) is 12.1 Å². The SMILES string of the molecule is CSCCCCNS(=O)(=O)c1ccc(C#CCO)cc1. The molecule has 0 bridgehead atoms. The van der Waals surface area contributed by atoms with Crippen LogP contribution < -0.4 is 4.72 Å². The molecule has 0 saturated heterocycles. The maximum atomic E-state index is 12.0. The molecule has 0 amide bonds. The molecule has 0 aliphatic heterocycles. The zero-order valence-corrected chi connectivity index (χ0v) is 13.1. The Morgan fingerprint density at radius 3 is 2.55 bits per heavy atom. The summed E-state index contributed by atoms with van der Waals surface area (Å²) in [6, 6.07) is 6.30. The van der Waals surface area contributed by atoms with E-state index in [0.717, 1.165) is 18.6 Å². The molecule has 20 heavy (non-hydrogen) atoms. The Morgan fingerprint density at radius 2 is 1.95 bits per heavy atom. The predicted molar refractivity (Wildman–Crippen MR) is 83.2 cm³/mol.